The van der Waals surface area contributed by atoms with Gasteiger partial charge < -0.3 is 15.4 Å². The zero-order valence-corrected chi connectivity index (χ0v) is 20.6. The van der Waals surface area contributed by atoms with Crippen LogP contribution in [0, 0.1) is 30.5 Å². The van der Waals surface area contributed by atoms with Crippen molar-refractivity contribution >= 4 is 11.9 Å². The molecule has 1 fully saturated rings. The highest BCUT2D eigenvalue weighted by Gasteiger charge is 2.46. The molecule has 5 nitrogen and oxygen atoms in total. The number of rotatable bonds is 11. The summed E-state index contributed by atoms with van der Waals surface area (Å²) in [6.45, 7) is 14.9. The Bertz CT molecular complexity index is 848. The lowest BCUT2D eigenvalue weighted by atomic mass is 9.62. The second-order valence-corrected chi connectivity index (χ2v) is 9.55. The van der Waals surface area contributed by atoms with Gasteiger partial charge in [0.1, 0.15) is 18.0 Å². The molecule has 0 bridgehead atoms. The molecule has 0 aliphatic heterocycles. The van der Waals surface area contributed by atoms with Crippen molar-refractivity contribution in [3.05, 3.63) is 47.4 Å². The van der Waals surface area contributed by atoms with Crippen molar-refractivity contribution in [2.24, 2.45) is 17.8 Å². The van der Waals surface area contributed by atoms with Gasteiger partial charge in [-0.25, -0.2) is 8.78 Å². The molecule has 184 valence electrons. The van der Waals surface area contributed by atoms with Gasteiger partial charge in [0.15, 0.2) is 0 Å². The molecule has 1 aromatic rings. The van der Waals surface area contributed by atoms with Crippen LogP contribution in [0.3, 0.4) is 0 Å². The highest BCUT2D eigenvalue weighted by Crippen LogP contribution is 2.49. The molecular formula is C26H38F2N2O3. The molecule has 2 N–H and O–H groups in total. The number of aryl methyl sites for hydroxylation is 1. The van der Waals surface area contributed by atoms with Gasteiger partial charge in [0.25, 0.3) is 0 Å². The lowest BCUT2D eigenvalue weighted by molar-refractivity contribution is -0.143. The van der Waals surface area contributed by atoms with E-state index in [2.05, 4.69) is 17.2 Å². The van der Waals surface area contributed by atoms with E-state index in [4.69, 9.17) is 4.74 Å². The minimum Gasteiger partial charge on any atom is -0.466 e. The summed E-state index contributed by atoms with van der Waals surface area (Å²) >= 11 is 0. The second kappa shape index (κ2) is 11.6. The molecule has 7 heteroatoms. The highest BCUT2D eigenvalue weighted by molar-refractivity contribution is 5.83. The van der Waals surface area contributed by atoms with Crippen molar-refractivity contribution in [2.45, 2.75) is 78.6 Å². The maximum absolute atomic E-state index is 15.3. The molecule has 1 aromatic carbocycles. The number of ether oxygens (including phenoxy) is 1. The van der Waals surface area contributed by atoms with Crippen molar-refractivity contribution < 1.29 is 23.1 Å². The van der Waals surface area contributed by atoms with Crippen LogP contribution in [-0.2, 0) is 14.3 Å². The van der Waals surface area contributed by atoms with E-state index in [9.17, 15) is 14.0 Å². The van der Waals surface area contributed by atoms with Crippen molar-refractivity contribution in [1.29, 1.82) is 0 Å². The fourth-order valence-electron chi connectivity index (χ4n) is 4.61. The van der Waals surface area contributed by atoms with Gasteiger partial charge in [-0.05, 0) is 55.3 Å². The van der Waals surface area contributed by atoms with Gasteiger partial charge in [-0.2, -0.15) is 0 Å². The SMILES string of the molecule is C=CNC(CC(C)C)C(=O)N[C@@H](CC(=O)OCC)c1cc(C2C(C)C(C)[C@@H]2F)cc(C)c1F. The fourth-order valence-corrected chi connectivity index (χ4v) is 4.61. The summed E-state index contributed by atoms with van der Waals surface area (Å²) in [5, 5.41) is 5.76. The Morgan fingerprint density at radius 1 is 1.24 bits per heavy atom. The largest absolute Gasteiger partial charge is 0.466 e. The number of nitrogens with one attached hydrogen (secondary N) is 2. The van der Waals surface area contributed by atoms with Crippen LogP contribution < -0.4 is 10.6 Å². The van der Waals surface area contributed by atoms with Crippen molar-refractivity contribution in [2.75, 3.05) is 6.61 Å². The number of hydrogen-bond acceptors (Lipinski definition) is 4. The van der Waals surface area contributed by atoms with E-state index in [0.717, 1.165) is 0 Å². The average Bonchev–Trinajstić information content (AvgIpc) is 2.75. The van der Waals surface area contributed by atoms with E-state index in [1.165, 1.54) is 6.20 Å². The molecule has 2 rings (SSSR count). The summed E-state index contributed by atoms with van der Waals surface area (Å²) < 4.78 is 35.0. The molecule has 1 saturated carbocycles. The molecule has 1 aliphatic carbocycles. The summed E-state index contributed by atoms with van der Waals surface area (Å²) in [4.78, 5) is 25.4. The monoisotopic (exact) mass is 464 g/mol. The number of carbonyl (C=O) groups is 2. The lowest BCUT2D eigenvalue weighted by Crippen LogP contribution is -2.45. The van der Waals surface area contributed by atoms with Crippen molar-refractivity contribution in [3.63, 3.8) is 0 Å². The van der Waals surface area contributed by atoms with E-state index in [1.54, 1.807) is 26.0 Å². The smallest absolute Gasteiger partial charge is 0.308 e. The van der Waals surface area contributed by atoms with Gasteiger partial charge in [-0.15, -0.1) is 0 Å². The number of hydrogen-bond donors (Lipinski definition) is 2. The van der Waals surface area contributed by atoms with E-state index in [-0.39, 0.29) is 48.2 Å². The first-order valence-corrected chi connectivity index (χ1v) is 11.8. The number of amides is 1. The van der Waals surface area contributed by atoms with Crippen LogP contribution in [0.2, 0.25) is 0 Å². The van der Waals surface area contributed by atoms with Crippen LogP contribution in [0.15, 0.2) is 24.9 Å². The second-order valence-electron chi connectivity index (χ2n) is 9.55. The molecule has 0 saturated heterocycles. The van der Waals surface area contributed by atoms with Gasteiger partial charge in [0, 0.05) is 11.5 Å². The Balaban J connectivity index is 2.43. The topological polar surface area (TPSA) is 67.4 Å². The minimum atomic E-state index is -1.01. The Kier molecular flexibility index (Phi) is 9.44. The first kappa shape index (κ1) is 26.8. The normalized spacial score (nSPS) is 23.9. The van der Waals surface area contributed by atoms with Gasteiger partial charge in [-0.1, -0.05) is 46.4 Å². The van der Waals surface area contributed by atoms with Crippen molar-refractivity contribution in [1.82, 2.24) is 10.6 Å². The quantitative estimate of drug-likeness (QED) is 0.447. The minimum absolute atomic E-state index is 0.0689. The Labute approximate surface area is 196 Å². The van der Waals surface area contributed by atoms with E-state index >= 15 is 4.39 Å². The Hall–Kier alpha value is -2.44. The fraction of sp³-hybridized carbons (Fsp3) is 0.615. The lowest BCUT2D eigenvalue weighted by Gasteiger charge is -2.45. The Morgan fingerprint density at radius 3 is 2.45 bits per heavy atom. The maximum atomic E-state index is 15.3. The van der Waals surface area contributed by atoms with Gasteiger partial charge in [0.05, 0.1) is 19.1 Å². The predicted octanol–water partition coefficient (Wildman–Crippen LogP) is 5.10. The molecule has 1 aliphatic rings. The third-order valence-electron chi connectivity index (χ3n) is 6.64. The zero-order valence-electron chi connectivity index (χ0n) is 20.6. The van der Waals surface area contributed by atoms with Crippen LogP contribution in [0.4, 0.5) is 8.78 Å². The summed E-state index contributed by atoms with van der Waals surface area (Å²) in [7, 11) is 0. The van der Waals surface area contributed by atoms with Crippen LogP contribution in [0.1, 0.15) is 76.1 Å². The summed E-state index contributed by atoms with van der Waals surface area (Å²) in [5.41, 5.74) is 1.22. The summed E-state index contributed by atoms with van der Waals surface area (Å²) in [6.07, 6.45) is 0.742. The van der Waals surface area contributed by atoms with Crippen LogP contribution in [0.5, 0.6) is 0 Å². The van der Waals surface area contributed by atoms with Gasteiger partial charge >= 0.3 is 5.97 Å². The number of carbonyl (C=O) groups excluding carboxylic acids is 2. The third kappa shape index (κ3) is 6.33. The summed E-state index contributed by atoms with van der Waals surface area (Å²) in [5.74, 6) is -1.49. The van der Waals surface area contributed by atoms with Gasteiger partial charge in [0.2, 0.25) is 5.91 Å². The molecule has 0 radical (unpaired) electrons. The molecule has 0 heterocycles. The van der Waals surface area contributed by atoms with Crippen molar-refractivity contribution in [3.8, 4) is 0 Å². The highest BCUT2D eigenvalue weighted by atomic mass is 19.1. The van der Waals surface area contributed by atoms with Crippen LogP contribution >= 0.6 is 0 Å². The van der Waals surface area contributed by atoms with Gasteiger partial charge in [-0.3, -0.25) is 9.59 Å². The molecule has 0 spiro atoms. The number of benzene rings is 1. The first-order chi connectivity index (χ1) is 15.5. The average molecular weight is 465 g/mol. The van der Waals surface area contributed by atoms with E-state index in [1.807, 2.05) is 27.7 Å². The van der Waals surface area contributed by atoms with Crippen LogP contribution in [0.25, 0.3) is 0 Å². The Morgan fingerprint density at radius 2 is 1.91 bits per heavy atom. The van der Waals surface area contributed by atoms with Crippen LogP contribution in [-0.4, -0.2) is 30.7 Å². The zero-order chi connectivity index (χ0) is 24.9. The first-order valence-electron chi connectivity index (χ1n) is 11.8. The predicted molar refractivity (Wildman–Crippen MR) is 126 cm³/mol. The summed E-state index contributed by atoms with van der Waals surface area (Å²) in [6, 6.07) is 1.75. The standard InChI is InChI=1S/C26H38F2N2O3/c1-8-29-21(10-14(3)4)26(32)30-20(13-22(31)33-9-2)19-12-18(11-15(5)24(19)27)23-16(6)17(7)25(23)28/h8,11-12,14,16-17,20-21,23,25,29H,1,9-10,13H2,2-7H3,(H,30,32)/t16?,17?,20-,21?,23?,25-/m0/s1. The maximum Gasteiger partial charge on any atom is 0.308 e. The molecule has 4 unspecified atom stereocenters. The number of esters is 1. The number of halogens is 2. The number of alkyl halides is 1. The molecule has 6 atom stereocenters. The molecule has 0 aromatic heterocycles. The molecular weight excluding hydrogens is 426 g/mol. The molecule has 33 heavy (non-hydrogen) atoms. The molecule has 1 amide bonds. The van der Waals surface area contributed by atoms with E-state index in [0.29, 0.717) is 17.5 Å². The third-order valence-corrected chi connectivity index (χ3v) is 6.64. The van der Waals surface area contributed by atoms with E-state index < -0.39 is 30.0 Å².